The molecule has 0 saturated carbocycles. The van der Waals surface area contributed by atoms with Crippen LogP contribution in [0.15, 0.2) is 40.9 Å². The largest absolute Gasteiger partial charge is 0.325 e. The molecular formula is C20H20BrFN2O3S. The van der Waals surface area contributed by atoms with E-state index in [0.29, 0.717) is 15.7 Å². The highest BCUT2D eigenvalue weighted by Crippen LogP contribution is 2.37. The van der Waals surface area contributed by atoms with Crippen LogP contribution in [0.2, 0.25) is 0 Å². The number of carbonyl (C=O) groups excluding carboxylic acids is 1. The van der Waals surface area contributed by atoms with Crippen LogP contribution >= 0.6 is 15.9 Å². The van der Waals surface area contributed by atoms with Gasteiger partial charge < -0.3 is 4.90 Å². The van der Waals surface area contributed by atoms with E-state index in [4.69, 9.17) is 0 Å². The summed E-state index contributed by atoms with van der Waals surface area (Å²) in [6.07, 6.45) is 0. The summed E-state index contributed by atoms with van der Waals surface area (Å²) in [7, 11) is -3.27. The highest BCUT2D eigenvalue weighted by Gasteiger charge is 2.53. The second-order valence-electron chi connectivity index (χ2n) is 7.57. The van der Waals surface area contributed by atoms with Crippen molar-refractivity contribution in [2.24, 2.45) is 0 Å². The van der Waals surface area contributed by atoms with E-state index in [9.17, 15) is 17.6 Å². The number of amides is 2. The van der Waals surface area contributed by atoms with Gasteiger partial charge in [-0.05, 0) is 49.2 Å². The van der Waals surface area contributed by atoms with Gasteiger partial charge in [0.15, 0.2) is 9.84 Å². The van der Waals surface area contributed by atoms with Gasteiger partial charge in [0.2, 0.25) is 0 Å². The van der Waals surface area contributed by atoms with Crippen LogP contribution in [0.5, 0.6) is 0 Å². The molecule has 0 spiro atoms. The standard InChI is InChI=1S/C20H20BrFN2O3S/c1-12-5-13(2)7-16(6-12)24-19-11-28(26,27)10-18(19)23(20(24)25)9-14-3-4-15(21)8-17(14)22/h3-8,18-19H,9-11H2,1-2H3/t18-,19-/m1/s1. The maximum Gasteiger partial charge on any atom is 0.325 e. The SMILES string of the molecule is Cc1cc(C)cc(N2C(=O)N(Cc3ccc(Br)cc3F)[C@@H]3CS(=O)(=O)C[C@H]32)c1. The molecule has 0 aliphatic carbocycles. The van der Waals surface area contributed by atoms with Crippen LogP contribution in [0.3, 0.4) is 0 Å². The monoisotopic (exact) mass is 466 g/mol. The minimum atomic E-state index is -3.27. The van der Waals surface area contributed by atoms with Crippen LogP contribution in [0.25, 0.3) is 0 Å². The highest BCUT2D eigenvalue weighted by atomic mass is 79.9. The van der Waals surface area contributed by atoms with Gasteiger partial charge in [-0.25, -0.2) is 17.6 Å². The number of benzene rings is 2. The van der Waals surface area contributed by atoms with Gasteiger partial charge in [0.25, 0.3) is 0 Å². The fraction of sp³-hybridized carbons (Fsp3) is 0.350. The first-order chi connectivity index (χ1) is 13.1. The van der Waals surface area contributed by atoms with E-state index in [1.54, 1.807) is 17.0 Å². The molecule has 2 aromatic carbocycles. The molecule has 2 aliphatic heterocycles. The lowest BCUT2D eigenvalue weighted by atomic mass is 10.1. The summed E-state index contributed by atoms with van der Waals surface area (Å²) < 4.78 is 39.6. The van der Waals surface area contributed by atoms with Crippen LogP contribution < -0.4 is 4.90 Å². The van der Waals surface area contributed by atoms with Gasteiger partial charge >= 0.3 is 6.03 Å². The molecule has 2 atom stereocenters. The molecule has 2 aromatic rings. The number of halogens is 2. The van der Waals surface area contributed by atoms with Crippen molar-refractivity contribution in [3.63, 3.8) is 0 Å². The number of rotatable bonds is 3. The number of hydrogen-bond acceptors (Lipinski definition) is 3. The molecule has 8 heteroatoms. The molecular weight excluding hydrogens is 447 g/mol. The fourth-order valence-corrected chi connectivity index (χ4v) is 6.47. The summed E-state index contributed by atoms with van der Waals surface area (Å²) >= 11 is 3.23. The van der Waals surface area contributed by atoms with Crippen molar-refractivity contribution < 1.29 is 17.6 Å². The lowest BCUT2D eigenvalue weighted by Crippen LogP contribution is -2.37. The van der Waals surface area contributed by atoms with Gasteiger partial charge in [-0.3, -0.25) is 4.90 Å². The molecule has 28 heavy (non-hydrogen) atoms. The average Bonchev–Trinajstić information content (AvgIpc) is 2.99. The predicted molar refractivity (Wildman–Crippen MR) is 110 cm³/mol. The second-order valence-corrected chi connectivity index (χ2v) is 10.6. The number of aryl methyl sites for hydroxylation is 2. The molecule has 0 unspecified atom stereocenters. The Balaban J connectivity index is 1.74. The van der Waals surface area contributed by atoms with E-state index < -0.39 is 27.7 Å². The van der Waals surface area contributed by atoms with Crippen LogP contribution in [0.4, 0.5) is 14.9 Å². The Morgan fingerprint density at radius 1 is 1.07 bits per heavy atom. The fourth-order valence-electron chi connectivity index (χ4n) is 4.19. The van der Waals surface area contributed by atoms with Gasteiger partial charge in [-0.15, -0.1) is 0 Å². The van der Waals surface area contributed by atoms with Crippen molar-refractivity contribution in [1.29, 1.82) is 0 Å². The van der Waals surface area contributed by atoms with Crippen molar-refractivity contribution in [2.75, 3.05) is 16.4 Å². The Kier molecular flexibility index (Phi) is 4.74. The Bertz CT molecular complexity index is 1050. The summed E-state index contributed by atoms with van der Waals surface area (Å²) in [5.74, 6) is -0.595. The predicted octanol–water partition coefficient (Wildman–Crippen LogP) is 3.81. The third-order valence-corrected chi connectivity index (χ3v) is 7.51. The van der Waals surface area contributed by atoms with Crippen molar-refractivity contribution in [3.8, 4) is 0 Å². The average molecular weight is 467 g/mol. The molecule has 4 rings (SSSR count). The first-order valence-electron chi connectivity index (χ1n) is 8.97. The van der Waals surface area contributed by atoms with Gasteiger partial charge in [0.05, 0.1) is 30.1 Å². The highest BCUT2D eigenvalue weighted by molar-refractivity contribution is 9.10. The minimum absolute atomic E-state index is 0.0376. The number of carbonyl (C=O) groups is 1. The first kappa shape index (κ1) is 19.4. The molecule has 148 valence electrons. The number of urea groups is 1. The van der Waals surface area contributed by atoms with Gasteiger partial charge in [0.1, 0.15) is 5.82 Å². The zero-order chi connectivity index (χ0) is 20.2. The van der Waals surface area contributed by atoms with Crippen molar-refractivity contribution in [3.05, 3.63) is 63.4 Å². The number of anilines is 1. The molecule has 2 amide bonds. The third kappa shape index (κ3) is 3.43. The molecule has 2 saturated heterocycles. The minimum Gasteiger partial charge on any atom is -0.314 e. The second kappa shape index (κ2) is 6.84. The zero-order valence-electron chi connectivity index (χ0n) is 15.5. The number of fused-ring (bicyclic) bond motifs is 1. The van der Waals surface area contributed by atoms with E-state index in [0.717, 1.165) is 11.1 Å². The zero-order valence-corrected chi connectivity index (χ0v) is 17.9. The van der Waals surface area contributed by atoms with Crippen LogP contribution in [-0.4, -0.2) is 42.9 Å². The normalized spacial score (nSPS) is 23.4. The summed E-state index contributed by atoms with van der Waals surface area (Å²) in [5, 5.41) is 0. The summed E-state index contributed by atoms with van der Waals surface area (Å²) in [6, 6.07) is 9.22. The van der Waals surface area contributed by atoms with Crippen molar-refractivity contribution in [2.45, 2.75) is 32.5 Å². The van der Waals surface area contributed by atoms with Crippen molar-refractivity contribution in [1.82, 2.24) is 4.90 Å². The van der Waals surface area contributed by atoms with Gasteiger partial charge in [0, 0.05) is 15.7 Å². The Labute approximate surface area is 172 Å². The van der Waals surface area contributed by atoms with E-state index in [1.807, 2.05) is 32.0 Å². The quantitative estimate of drug-likeness (QED) is 0.646. The maximum atomic E-state index is 14.4. The maximum absolute atomic E-state index is 14.4. The Morgan fingerprint density at radius 3 is 2.36 bits per heavy atom. The number of hydrogen-bond donors (Lipinski definition) is 0. The molecule has 0 bridgehead atoms. The van der Waals surface area contributed by atoms with E-state index in [2.05, 4.69) is 15.9 Å². The number of nitrogens with zero attached hydrogens (tertiary/aromatic N) is 2. The topological polar surface area (TPSA) is 57.7 Å². The molecule has 0 radical (unpaired) electrons. The molecule has 2 aliphatic rings. The molecule has 0 aromatic heterocycles. The van der Waals surface area contributed by atoms with Crippen molar-refractivity contribution >= 4 is 37.5 Å². The van der Waals surface area contributed by atoms with Crippen LogP contribution in [0.1, 0.15) is 16.7 Å². The molecule has 5 nitrogen and oxygen atoms in total. The lowest BCUT2D eigenvalue weighted by molar-refractivity contribution is 0.205. The first-order valence-corrected chi connectivity index (χ1v) is 11.6. The summed E-state index contributed by atoms with van der Waals surface area (Å²) in [4.78, 5) is 16.3. The van der Waals surface area contributed by atoms with Gasteiger partial charge in [-0.1, -0.05) is 28.1 Å². The van der Waals surface area contributed by atoms with E-state index in [-0.39, 0.29) is 24.1 Å². The van der Waals surface area contributed by atoms with Crippen LogP contribution in [-0.2, 0) is 16.4 Å². The summed E-state index contributed by atoms with van der Waals surface area (Å²) in [6.45, 7) is 3.92. The van der Waals surface area contributed by atoms with E-state index >= 15 is 0 Å². The number of sulfone groups is 1. The molecule has 0 N–H and O–H groups in total. The molecule has 2 fully saturated rings. The third-order valence-electron chi connectivity index (χ3n) is 5.32. The smallest absolute Gasteiger partial charge is 0.314 e. The Morgan fingerprint density at radius 2 is 1.71 bits per heavy atom. The van der Waals surface area contributed by atoms with E-state index in [1.165, 1.54) is 11.0 Å². The molecule has 2 heterocycles. The van der Waals surface area contributed by atoms with Gasteiger partial charge in [-0.2, -0.15) is 0 Å². The Hall–Kier alpha value is -1.93. The summed E-state index contributed by atoms with van der Waals surface area (Å²) in [5.41, 5.74) is 3.05. The van der Waals surface area contributed by atoms with Crippen LogP contribution in [0, 0.1) is 19.7 Å². The lowest BCUT2D eigenvalue weighted by Gasteiger charge is -2.23.